The second-order valence-electron chi connectivity index (χ2n) is 7.35. The minimum Gasteiger partial charge on any atom is -0.445 e. The first-order valence-electron chi connectivity index (χ1n) is 10.4. The molecule has 2 aromatic heterocycles. The summed E-state index contributed by atoms with van der Waals surface area (Å²) in [5, 5.41) is 11.1. The Balaban J connectivity index is 1.22. The van der Waals surface area contributed by atoms with E-state index in [1.54, 1.807) is 36.7 Å². The number of benzene rings is 2. The van der Waals surface area contributed by atoms with Crippen LogP contribution >= 0.6 is 15.9 Å². The number of aromatic nitrogens is 4. The Morgan fingerprint density at radius 2 is 1.97 bits per heavy atom. The van der Waals surface area contributed by atoms with Gasteiger partial charge in [0.25, 0.3) is 0 Å². The van der Waals surface area contributed by atoms with Gasteiger partial charge in [-0.15, -0.1) is 5.10 Å². The molecule has 0 unspecified atom stereocenters. The van der Waals surface area contributed by atoms with Crippen LogP contribution in [0.1, 0.15) is 35.6 Å². The average Bonchev–Trinajstić information content (AvgIpc) is 3.48. The lowest BCUT2D eigenvalue weighted by Gasteiger charge is -2.06. The maximum atomic E-state index is 13.9. The molecule has 2 heterocycles. The first-order chi connectivity index (χ1) is 15.7. The minimum atomic E-state index is -0.303. The first kappa shape index (κ1) is 22.0. The van der Waals surface area contributed by atoms with Crippen molar-refractivity contribution in [3.63, 3.8) is 0 Å². The Bertz CT molecular complexity index is 1160. The lowest BCUT2D eigenvalue weighted by atomic mass is 10.1. The van der Waals surface area contributed by atoms with Crippen LogP contribution in [0.5, 0.6) is 0 Å². The molecule has 6 nitrogen and oxygen atoms in total. The van der Waals surface area contributed by atoms with Gasteiger partial charge < -0.3 is 9.73 Å². The van der Waals surface area contributed by atoms with Crippen LogP contribution in [-0.2, 0) is 19.5 Å². The number of halogens is 2. The number of rotatable bonds is 10. The number of unbranched alkanes of at least 4 members (excludes halogenated alkanes) is 1. The van der Waals surface area contributed by atoms with E-state index in [-0.39, 0.29) is 5.82 Å². The maximum Gasteiger partial charge on any atom is 0.218 e. The highest BCUT2D eigenvalue weighted by atomic mass is 79.9. The van der Waals surface area contributed by atoms with E-state index < -0.39 is 0 Å². The van der Waals surface area contributed by atoms with E-state index in [1.165, 1.54) is 11.6 Å². The molecule has 0 atom stereocenters. The molecule has 164 valence electrons. The topological polar surface area (TPSA) is 68.8 Å². The molecule has 0 aliphatic rings. The Hall–Kier alpha value is -3.26. The average molecular weight is 496 g/mol. The van der Waals surface area contributed by atoms with Crippen LogP contribution in [0.3, 0.4) is 0 Å². The summed E-state index contributed by atoms with van der Waals surface area (Å²) in [5.41, 5.74) is 3.58. The van der Waals surface area contributed by atoms with Crippen LogP contribution in [0.25, 0.3) is 12.2 Å². The number of aryl methyl sites for hydroxylation is 2. The zero-order valence-electron chi connectivity index (χ0n) is 17.4. The van der Waals surface area contributed by atoms with E-state index in [2.05, 4.69) is 60.8 Å². The van der Waals surface area contributed by atoms with E-state index in [0.717, 1.165) is 37.2 Å². The van der Waals surface area contributed by atoms with E-state index in [4.69, 9.17) is 4.42 Å². The van der Waals surface area contributed by atoms with Crippen molar-refractivity contribution in [3.05, 3.63) is 94.1 Å². The van der Waals surface area contributed by atoms with Crippen molar-refractivity contribution in [2.75, 3.05) is 5.32 Å². The zero-order chi connectivity index (χ0) is 22.2. The summed E-state index contributed by atoms with van der Waals surface area (Å²) in [4.78, 5) is 4.42. The predicted molar refractivity (Wildman–Crippen MR) is 126 cm³/mol. The van der Waals surface area contributed by atoms with Gasteiger partial charge in [0.05, 0.1) is 18.4 Å². The van der Waals surface area contributed by atoms with Crippen molar-refractivity contribution in [1.82, 2.24) is 20.0 Å². The maximum absolute atomic E-state index is 13.9. The van der Waals surface area contributed by atoms with Gasteiger partial charge in [0.1, 0.15) is 12.1 Å². The lowest BCUT2D eigenvalue weighted by molar-refractivity contribution is 0.541. The fourth-order valence-electron chi connectivity index (χ4n) is 3.21. The summed E-state index contributed by atoms with van der Waals surface area (Å²) < 4.78 is 21.9. The molecule has 0 amide bonds. The highest BCUT2D eigenvalue weighted by Crippen LogP contribution is 2.18. The SMILES string of the molecule is Fc1cc(Br)ccc1/C=C/c1nc(CNc2ccc(CCCCn3ccnn3)cc2)co1. The second-order valence-corrected chi connectivity index (χ2v) is 8.27. The standard InChI is InChI=1S/C24H23BrFN5O/c25-20-8-6-19(23(26)15-20)7-11-24-29-22(17-32-24)16-27-21-9-4-18(5-10-21)3-1-2-13-31-14-12-28-30-31/h4-12,14-15,17,27H,1-3,13,16H2/b11-7+. The number of hydrogen-bond acceptors (Lipinski definition) is 5. The van der Waals surface area contributed by atoms with Crippen LogP contribution in [0.2, 0.25) is 0 Å². The summed E-state index contributed by atoms with van der Waals surface area (Å²) >= 11 is 3.25. The summed E-state index contributed by atoms with van der Waals surface area (Å²) in [6.07, 6.45) is 11.7. The molecule has 0 fully saturated rings. The van der Waals surface area contributed by atoms with Gasteiger partial charge in [0, 0.05) is 34.5 Å². The normalized spacial score (nSPS) is 11.3. The Morgan fingerprint density at radius 3 is 2.75 bits per heavy atom. The highest BCUT2D eigenvalue weighted by molar-refractivity contribution is 9.10. The summed E-state index contributed by atoms with van der Waals surface area (Å²) in [5.74, 6) is 0.132. The molecule has 4 aromatic rings. The number of oxazole rings is 1. The molecular formula is C24H23BrFN5O. The minimum absolute atomic E-state index is 0.303. The molecule has 8 heteroatoms. The van der Waals surface area contributed by atoms with E-state index in [0.29, 0.717) is 22.5 Å². The number of anilines is 1. The molecule has 0 radical (unpaired) electrons. The molecule has 0 saturated heterocycles. The van der Waals surface area contributed by atoms with Crippen molar-refractivity contribution in [1.29, 1.82) is 0 Å². The molecule has 0 bridgehead atoms. The third-order valence-corrected chi connectivity index (χ3v) is 5.43. The molecule has 32 heavy (non-hydrogen) atoms. The van der Waals surface area contributed by atoms with E-state index in [1.807, 2.05) is 10.9 Å². The van der Waals surface area contributed by atoms with Crippen LogP contribution in [-0.4, -0.2) is 20.0 Å². The van der Waals surface area contributed by atoms with Gasteiger partial charge in [-0.2, -0.15) is 0 Å². The summed E-state index contributed by atoms with van der Waals surface area (Å²) in [6.45, 7) is 1.44. The van der Waals surface area contributed by atoms with Crippen molar-refractivity contribution in [2.45, 2.75) is 32.4 Å². The van der Waals surface area contributed by atoms with Crippen molar-refractivity contribution < 1.29 is 8.81 Å². The Labute approximate surface area is 194 Å². The van der Waals surface area contributed by atoms with Crippen molar-refractivity contribution >= 4 is 33.8 Å². The quantitative estimate of drug-likeness (QED) is 0.274. The lowest BCUT2D eigenvalue weighted by Crippen LogP contribution is -2.00. The van der Waals surface area contributed by atoms with Crippen molar-refractivity contribution in [3.8, 4) is 0 Å². The largest absolute Gasteiger partial charge is 0.445 e. The van der Waals surface area contributed by atoms with Gasteiger partial charge in [0.2, 0.25) is 5.89 Å². The molecule has 0 aliphatic carbocycles. The predicted octanol–water partition coefficient (Wildman–Crippen LogP) is 5.97. The monoisotopic (exact) mass is 495 g/mol. The van der Waals surface area contributed by atoms with Crippen LogP contribution in [0, 0.1) is 5.82 Å². The van der Waals surface area contributed by atoms with Gasteiger partial charge in [-0.3, -0.25) is 4.68 Å². The Kier molecular flexibility index (Phi) is 7.45. The fourth-order valence-corrected chi connectivity index (χ4v) is 3.55. The third kappa shape index (κ3) is 6.37. The molecule has 0 aliphatic heterocycles. The fraction of sp³-hybridized carbons (Fsp3) is 0.208. The van der Waals surface area contributed by atoms with E-state index in [9.17, 15) is 4.39 Å². The molecule has 0 saturated carbocycles. The molecule has 1 N–H and O–H groups in total. The van der Waals surface area contributed by atoms with E-state index >= 15 is 0 Å². The van der Waals surface area contributed by atoms with Gasteiger partial charge in [-0.1, -0.05) is 39.3 Å². The molecule has 2 aromatic carbocycles. The van der Waals surface area contributed by atoms with Gasteiger partial charge >= 0.3 is 0 Å². The van der Waals surface area contributed by atoms with Gasteiger partial charge in [0.15, 0.2) is 0 Å². The molecule has 0 spiro atoms. The number of nitrogens with one attached hydrogen (secondary N) is 1. The zero-order valence-corrected chi connectivity index (χ0v) is 19.0. The third-order valence-electron chi connectivity index (χ3n) is 4.94. The molecule has 4 rings (SSSR count). The van der Waals surface area contributed by atoms with Gasteiger partial charge in [-0.05, 0) is 55.2 Å². The summed E-state index contributed by atoms with van der Waals surface area (Å²) in [7, 11) is 0. The van der Waals surface area contributed by atoms with Gasteiger partial charge in [-0.25, -0.2) is 9.37 Å². The first-order valence-corrected chi connectivity index (χ1v) is 11.2. The van der Waals surface area contributed by atoms with Crippen LogP contribution in [0.15, 0.2) is 70.0 Å². The number of hydrogen-bond donors (Lipinski definition) is 1. The van der Waals surface area contributed by atoms with Crippen LogP contribution < -0.4 is 5.32 Å². The highest BCUT2D eigenvalue weighted by Gasteiger charge is 2.04. The molecular weight excluding hydrogens is 473 g/mol. The van der Waals surface area contributed by atoms with Crippen LogP contribution in [0.4, 0.5) is 10.1 Å². The summed E-state index contributed by atoms with van der Waals surface area (Å²) in [6, 6.07) is 13.3. The number of nitrogens with zero attached hydrogens (tertiary/aromatic N) is 4. The smallest absolute Gasteiger partial charge is 0.218 e. The second kappa shape index (κ2) is 10.9. The Morgan fingerprint density at radius 1 is 1.09 bits per heavy atom. The van der Waals surface area contributed by atoms with Crippen molar-refractivity contribution in [2.24, 2.45) is 0 Å².